The molecule has 0 radical (unpaired) electrons. The molecule has 3 atom stereocenters. The first-order valence-electron chi connectivity index (χ1n) is 8.02. The fourth-order valence-electron chi connectivity index (χ4n) is 3.97. The fourth-order valence-corrected chi connectivity index (χ4v) is 3.97. The van der Waals surface area contributed by atoms with Crippen molar-refractivity contribution in [2.75, 3.05) is 0 Å². The van der Waals surface area contributed by atoms with Crippen LogP contribution in [0.25, 0.3) is 0 Å². The maximum atomic E-state index is 12.4. The molecule has 0 bridgehead atoms. The summed E-state index contributed by atoms with van der Waals surface area (Å²) < 4.78 is 0. The van der Waals surface area contributed by atoms with Crippen LogP contribution in [0.4, 0.5) is 5.69 Å². The summed E-state index contributed by atoms with van der Waals surface area (Å²) in [6.45, 7) is 3.93. The Morgan fingerprint density at radius 2 is 2.22 bits per heavy atom. The smallest absolute Gasteiger partial charge is 0.270 e. The summed E-state index contributed by atoms with van der Waals surface area (Å²) >= 11 is 0. The highest BCUT2D eigenvalue weighted by Crippen LogP contribution is 2.66. The Kier molecular flexibility index (Phi) is 3.92. The molecule has 1 aromatic rings. The monoisotopic (exact) mass is 315 g/mol. The summed E-state index contributed by atoms with van der Waals surface area (Å²) in [6, 6.07) is 6.26. The number of hydrogen-bond acceptors (Lipinski definition) is 4. The highest BCUT2D eigenvalue weighted by molar-refractivity contribution is 6.00. The lowest BCUT2D eigenvalue weighted by Gasteiger charge is -2.15. The van der Waals surface area contributed by atoms with E-state index in [9.17, 15) is 14.9 Å². The van der Waals surface area contributed by atoms with Crippen molar-refractivity contribution in [1.29, 1.82) is 0 Å². The Bertz CT molecular complexity index is 685. The molecule has 2 aliphatic carbocycles. The number of rotatable bonds is 4. The number of benzene rings is 1. The minimum absolute atomic E-state index is 0.0177. The van der Waals surface area contributed by atoms with Crippen molar-refractivity contribution < 1.29 is 9.72 Å². The molecule has 0 saturated heterocycles. The summed E-state index contributed by atoms with van der Waals surface area (Å²) in [7, 11) is 0. The molecule has 6 heteroatoms. The first-order valence-corrected chi connectivity index (χ1v) is 8.02. The van der Waals surface area contributed by atoms with Crippen LogP contribution in [0.15, 0.2) is 29.4 Å². The quantitative estimate of drug-likeness (QED) is 0.526. The molecule has 1 aromatic carbocycles. The summed E-state index contributed by atoms with van der Waals surface area (Å²) in [4.78, 5) is 22.7. The van der Waals surface area contributed by atoms with E-state index in [0.29, 0.717) is 17.2 Å². The van der Waals surface area contributed by atoms with E-state index in [1.54, 1.807) is 19.1 Å². The van der Waals surface area contributed by atoms with E-state index in [2.05, 4.69) is 17.5 Å². The van der Waals surface area contributed by atoms with Crippen molar-refractivity contribution >= 4 is 17.3 Å². The number of nitrogens with one attached hydrogen (secondary N) is 1. The van der Waals surface area contributed by atoms with Gasteiger partial charge < -0.3 is 0 Å². The van der Waals surface area contributed by atoms with Gasteiger partial charge in [0.2, 0.25) is 5.91 Å². The second kappa shape index (κ2) is 5.76. The summed E-state index contributed by atoms with van der Waals surface area (Å²) in [5.74, 6) is 0.528. The van der Waals surface area contributed by atoms with Gasteiger partial charge in [0.15, 0.2) is 0 Å². The number of amides is 1. The van der Waals surface area contributed by atoms with Crippen LogP contribution in [-0.2, 0) is 4.79 Å². The topological polar surface area (TPSA) is 84.6 Å². The van der Waals surface area contributed by atoms with E-state index in [4.69, 9.17) is 0 Å². The molecule has 1 amide bonds. The molecule has 2 fully saturated rings. The van der Waals surface area contributed by atoms with E-state index in [1.165, 1.54) is 25.0 Å². The first-order chi connectivity index (χ1) is 10.9. The number of hydrogen-bond donors (Lipinski definition) is 1. The van der Waals surface area contributed by atoms with Crippen molar-refractivity contribution in [3.63, 3.8) is 0 Å². The van der Waals surface area contributed by atoms with Crippen LogP contribution in [0.1, 0.15) is 45.1 Å². The molecular weight excluding hydrogens is 294 g/mol. The van der Waals surface area contributed by atoms with Crippen molar-refractivity contribution in [3.05, 3.63) is 39.9 Å². The van der Waals surface area contributed by atoms with Crippen molar-refractivity contribution in [2.45, 2.75) is 39.5 Å². The van der Waals surface area contributed by atoms with E-state index in [0.717, 1.165) is 12.8 Å². The normalized spacial score (nSPS) is 29.6. The molecule has 3 unspecified atom stereocenters. The van der Waals surface area contributed by atoms with Crippen LogP contribution in [0.5, 0.6) is 0 Å². The SMILES string of the molecule is CC(=NNC(=O)C1C2CCCCC21C)c1cccc([N+](=O)[O-])c1. The van der Waals surface area contributed by atoms with Crippen LogP contribution in [0.3, 0.4) is 0 Å². The van der Waals surface area contributed by atoms with Gasteiger partial charge in [-0.2, -0.15) is 5.10 Å². The van der Waals surface area contributed by atoms with Crippen LogP contribution in [-0.4, -0.2) is 16.5 Å². The van der Waals surface area contributed by atoms with Gasteiger partial charge in [0.05, 0.1) is 10.6 Å². The third kappa shape index (κ3) is 2.85. The lowest BCUT2D eigenvalue weighted by molar-refractivity contribution is -0.384. The molecule has 2 aliphatic rings. The minimum Gasteiger partial charge on any atom is -0.273 e. The number of hydrazone groups is 1. The molecule has 3 rings (SSSR count). The molecule has 0 heterocycles. The van der Waals surface area contributed by atoms with Gasteiger partial charge >= 0.3 is 0 Å². The third-order valence-corrected chi connectivity index (χ3v) is 5.42. The van der Waals surface area contributed by atoms with Gasteiger partial charge in [-0.25, -0.2) is 5.43 Å². The fraction of sp³-hybridized carbons (Fsp3) is 0.529. The van der Waals surface area contributed by atoms with Gasteiger partial charge in [-0.3, -0.25) is 14.9 Å². The molecule has 1 N–H and O–H groups in total. The number of nitro benzene ring substituents is 1. The van der Waals surface area contributed by atoms with Gasteiger partial charge in [-0.05, 0) is 31.1 Å². The molecule has 0 aliphatic heterocycles. The number of non-ortho nitro benzene ring substituents is 1. The zero-order chi connectivity index (χ0) is 16.6. The molecule has 0 aromatic heterocycles. The summed E-state index contributed by atoms with van der Waals surface area (Å²) in [5.41, 5.74) is 4.02. The standard InChI is InChI=1S/C17H21N3O3/c1-11(12-6-5-7-13(10-12)20(22)23)18-19-16(21)15-14-8-3-4-9-17(14,15)2/h5-7,10,14-15H,3-4,8-9H2,1-2H3,(H,19,21). The number of carbonyl (C=O) groups is 1. The molecule has 23 heavy (non-hydrogen) atoms. The predicted molar refractivity (Wildman–Crippen MR) is 87.0 cm³/mol. The second-order valence-corrected chi connectivity index (χ2v) is 6.82. The largest absolute Gasteiger partial charge is 0.273 e. The van der Waals surface area contributed by atoms with Gasteiger partial charge in [-0.1, -0.05) is 31.9 Å². The maximum absolute atomic E-state index is 12.4. The van der Waals surface area contributed by atoms with Crippen LogP contribution < -0.4 is 5.43 Å². The van der Waals surface area contributed by atoms with Gasteiger partial charge in [0.1, 0.15) is 0 Å². The lowest BCUT2D eigenvalue weighted by Crippen LogP contribution is -2.23. The van der Waals surface area contributed by atoms with Gasteiger partial charge in [0.25, 0.3) is 5.69 Å². The molecule has 0 spiro atoms. The van der Waals surface area contributed by atoms with Gasteiger partial charge in [-0.15, -0.1) is 0 Å². The van der Waals surface area contributed by atoms with Crippen LogP contribution in [0, 0.1) is 27.4 Å². The number of nitrogens with zero attached hydrogens (tertiary/aromatic N) is 2. The summed E-state index contributed by atoms with van der Waals surface area (Å²) in [5, 5.41) is 15.0. The van der Waals surface area contributed by atoms with Crippen LogP contribution in [0.2, 0.25) is 0 Å². The predicted octanol–water partition coefficient (Wildman–Crippen LogP) is 3.26. The Labute approximate surface area is 135 Å². The molecule has 122 valence electrons. The Morgan fingerprint density at radius 3 is 2.87 bits per heavy atom. The van der Waals surface area contributed by atoms with Crippen molar-refractivity contribution in [1.82, 2.24) is 5.43 Å². The second-order valence-electron chi connectivity index (χ2n) is 6.82. The summed E-state index contributed by atoms with van der Waals surface area (Å²) in [6.07, 6.45) is 4.65. The van der Waals surface area contributed by atoms with Crippen molar-refractivity contribution in [3.8, 4) is 0 Å². The third-order valence-electron chi connectivity index (χ3n) is 5.42. The van der Waals surface area contributed by atoms with Crippen molar-refractivity contribution in [2.24, 2.45) is 22.4 Å². The van der Waals surface area contributed by atoms with E-state index in [-0.39, 0.29) is 22.9 Å². The molecule has 6 nitrogen and oxygen atoms in total. The van der Waals surface area contributed by atoms with Crippen LogP contribution >= 0.6 is 0 Å². The number of carbonyl (C=O) groups excluding carboxylic acids is 1. The minimum atomic E-state index is -0.439. The van der Waals surface area contributed by atoms with E-state index < -0.39 is 4.92 Å². The highest BCUT2D eigenvalue weighted by atomic mass is 16.6. The molecular formula is C17H21N3O3. The molecule has 2 saturated carbocycles. The number of nitro groups is 1. The van der Waals surface area contributed by atoms with E-state index >= 15 is 0 Å². The Balaban J connectivity index is 1.67. The van der Waals surface area contributed by atoms with Gasteiger partial charge in [0, 0.05) is 23.6 Å². The Morgan fingerprint density at radius 1 is 1.43 bits per heavy atom. The Hall–Kier alpha value is -2.24. The average molecular weight is 315 g/mol. The first kappa shape index (κ1) is 15.6. The lowest BCUT2D eigenvalue weighted by atomic mass is 9.90. The highest BCUT2D eigenvalue weighted by Gasteiger charge is 2.64. The maximum Gasteiger partial charge on any atom is 0.270 e. The average Bonchev–Trinajstić information content (AvgIpc) is 3.18. The number of fused-ring (bicyclic) bond motifs is 1. The van der Waals surface area contributed by atoms with E-state index in [1.807, 2.05) is 0 Å². The zero-order valence-electron chi connectivity index (χ0n) is 13.4. The zero-order valence-corrected chi connectivity index (χ0v) is 13.4.